The summed E-state index contributed by atoms with van der Waals surface area (Å²) in [5.74, 6) is -0.772. The monoisotopic (exact) mass is 521 g/mol. The topological polar surface area (TPSA) is 86.8 Å². The number of carbonyl (C=O) groups excluding carboxylic acids is 2. The summed E-state index contributed by atoms with van der Waals surface area (Å²) in [7, 11) is -4.07. The SMILES string of the molecule is CCc1ccccc1N(CC(=O)N(Cc1ccccc1)[C@H](C)C(=O)NC(C)C)S(=O)(=O)c1ccccc1. The van der Waals surface area contributed by atoms with E-state index in [1.807, 2.05) is 63.2 Å². The number of sulfonamides is 1. The molecule has 0 aliphatic rings. The quantitative estimate of drug-likeness (QED) is 0.406. The van der Waals surface area contributed by atoms with Gasteiger partial charge in [0.1, 0.15) is 12.6 Å². The molecule has 0 aliphatic carbocycles. The van der Waals surface area contributed by atoms with Crippen LogP contribution < -0.4 is 9.62 Å². The summed E-state index contributed by atoms with van der Waals surface area (Å²) in [5.41, 5.74) is 2.09. The second-order valence-electron chi connectivity index (χ2n) is 9.15. The first-order valence-corrected chi connectivity index (χ1v) is 13.9. The van der Waals surface area contributed by atoms with Gasteiger partial charge in [-0.3, -0.25) is 13.9 Å². The molecule has 8 heteroatoms. The van der Waals surface area contributed by atoms with Gasteiger partial charge in [0.15, 0.2) is 0 Å². The number of amides is 2. The molecule has 3 aromatic carbocycles. The van der Waals surface area contributed by atoms with Crippen molar-refractivity contribution in [2.45, 2.75) is 57.6 Å². The van der Waals surface area contributed by atoms with Gasteiger partial charge in [-0.1, -0.05) is 73.7 Å². The summed E-state index contributed by atoms with van der Waals surface area (Å²) < 4.78 is 28.8. The number of hydrogen-bond donors (Lipinski definition) is 1. The number of hydrogen-bond acceptors (Lipinski definition) is 4. The Labute approximate surface area is 220 Å². The van der Waals surface area contributed by atoms with Gasteiger partial charge in [-0.25, -0.2) is 8.42 Å². The van der Waals surface area contributed by atoms with E-state index in [1.54, 1.807) is 37.3 Å². The molecule has 37 heavy (non-hydrogen) atoms. The molecule has 0 bridgehead atoms. The number of nitrogens with zero attached hydrogens (tertiary/aromatic N) is 2. The summed E-state index contributed by atoms with van der Waals surface area (Å²) in [6, 6.07) is 23.7. The van der Waals surface area contributed by atoms with Gasteiger partial charge < -0.3 is 10.2 Å². The van der Waals surface area contributed by atoms with Crippen molar-refractivity contribution in [2.24, 2.45) is 0 Å². The number of aryl methyl sites for hydroxylation is 1. The molecule has 7 nitrogen and oxygen atoms in total. The van der Waals surface area contributed by atoms with E-state index in [9.17, 15) is 18.0 Å². The summed E-state index contributed by atoms with van der Waals surface area (Å²) in [5, 5.41) is 2.86. The lowest BCUT2D eigenvalue weighted by atomic mass is 10.1. The molecule has 3 rings (SSSR count). The highest BCUT2D eigenvalue weighted by molar-refractivity contribution is 7.92. The molecule has 0 spiro atoms. The van der Waals surface area contributed by atoms with Gasteiger partial charge in [0, 0.05) is 12.6 Å². The van der Waals surface area contributed by atoms with E-state index >= 15 is 0 Å². The molecule has 0 saturated carbocycles. The smallest absolute Gasteiger partial charge is 0.264 e. The number of para-hydroxylation sites is 1. The highest BCUT2D eigenvalue weighted by Gasteiger charge is 2.33. The van der Waals surface area contributed by atoms with E-state index in [-0.39, 0.29) is 23.4 Å². The van der Waals surface area contributed by atoms with E-state index in [1.165, 1.54) is 17.0 Å². The highest BCUT2D eigenvalue weighted by atomic mass is 32.2. The molecule has 0 aromatic heterocycles. The van der Waals surface area contributed by atoms with Crippen LogP contribution in [0.1, 0.15) is 38.8 Å². The van der Waals surface area contributed by atoms with Crippen molar-refractivity contribution in [1.82, 2.24) is 10.2 Å². The zero-order valence-corrected chi connectivity index (χ0v) is 22.6. The Balaban J connectivity index is 2.05. The Kier molecular flexibility index (Phi) is 9.47. The van der Waals surface area contributed by atoms with Crippen LogP contribution in [0, 0.1) is 0 Å². The molecule has 0 radical (unpaired) electrons. The average molecular weight is 522 g/mol. The maximum Gasteiger partial charge on any atom is 0.264 e. The minimum atomic E-state index is -4.07. The van der Waals surface area contributed by atoms with E-state index in [0.29, 0.717) is 12.1 Å². The molecular weight excluding hydrogens is 486 g/mol. The molecule has 2 amide bonds. The minimum Gasteiger partial charge on any atom is -0.352 e. The molecule has 0 fully saturated rings. The Bertz CT molecular complexity index is 1290. The predicted molar refractivity (Wildman–Crippen MR) is 147 cm³/mol. The standard InChI is InChI=1S/C29H35N3O4S/c1-5-25-16-12-13-19-27(25)32(37(35,36)26-17-10-7-11-18-26)21-28(33)31(20-24-14-8-6-9-15-24)23(4)29(34)30-22(2)3/h6-19,22-23H,5,20-21H2,1-4H3,(H,30,34)/t23-/m1/s1. The van der Waals surface area contributed by atoms with Gasteiger partial charge in [0.2, 0.25) is 11.8 Å². The van der Waals surface area contributed by atoms with E-state index < -0.39 is 28.5 Å². The highest BCUT2D eigenvalue weighted by Crippen LogP contribution is 2.28. The van der Waals surface area contributed by atoms with Gasteiger partial charge in [-0.2, -0.15) is 0 Å². The Morgan fingerprint density at radius 1 is 0.838 bits per heavy atom. The van der Waals surface area contributed by atoms with Crippen molar-refractivity contribution in [3.05, 3.63) is 96.1 Å². The van der Waals surface area contributed by atoms with Crippen molar-refractivity contribution < 1.29 is 18.0 Å². The predicted octanol–water partition coefficient (Wildman–Crippen LogP) is 4.39. The Morgan fingerprint density at radius 2 is 1.41 bits per heavy atom. The van der Waals surface area contributed by atoms with Crippen LogP contribution in [0.3, 0.4) is 0 Å². The van der Waals surface area contributed by atoms with Crippen molar-refractivity contribution in [3.8, 4) is 0 Å². The lowest BCUT2D eigenvalue weighted by Gasteiger charge is -2.33. The first kappa shape index (κ1) is 27.9. The van der Waals surface area contributed by atoms with Crippen LogP contribution >= 0.6 is 0 Å². The van der Waals surface area contributed by atoms with Gasteiger partial charge in [0.25, 0.3) is 10.0 Å². The Morgan fingerprint density at radius 3 is 2.00 bits per heavy atom. The number of benzene rings is 3. The first-order chi connectivity index (χ1) is 17.6. The minimum absolute atomic E-state index is 0.0916. The Hall–Kier alpha value is -3.65. The summed E-state index contributed by atoms with van der Waals surface area (Å²) in [4.78, 5) is 28.3. The van der Waals surface area contributed by atoms with Crippen LogP contribution in [0.15, 0.2) is 89.8 Å². The van der Waals surface area contributed by atoms with Crippen LogP contribution in [0.5, 0.6) is 0 Å². The van der Waals surface area contributed by atoms with E-state index in [4.69, 9.17) is 0 Å². The summed E-state index contributed by atoms with van der Waals surface area (Å²) in [6.07, 6.45) is 0.589. The number of rotatable bonds is 11. The summed E-state index contributed by atoms with van der Waals surface area (Å²) >= 11 is 0. The van der Waals surface area contributed by atoms with Crippen molar-refractivity contribution in [2.75, 3.05) is 10.8 Å². The normalized spacial score (nSPS) is 12.1. The summed E-state index contributed by atoms with van der Waals surface area (Å²) in [6.45, 7) is 7.03. The molecular formula is C29H35N3O4S. The van der Waals surface area contributed by atoms with E-state index in [0.717, 1.165) is 15.4 Å². The van der Waals surface area contributed by atoms with E-state index in [2.05, 4.69) is 5.32 Å². The first-order valence-electron chi connectivity index (χ1n) is 12.4. The average Bonchev–Trinajstić information content (AvgIpc) is 2.90. The largest absolute Gasteiger partial charge is 0.352 e. The molecule has 1 atom stereocenters. The lowest BCUT2D eigenvalue weighted by molar-refractivity contribution is -0.139. The fraction of sp³-hybridized carbons (Fsp3) is 0.310. The molecule has 196 valence electrons. The molecule has 1 N–H and O–H groups in total. The fourth-order valence-corrected chi connectivity index (χ4v) is 5.53. The second kappa shape index (κ2) is 12.5. The lowest BCUT2D eigenvalue weighted by Crippen LogP contribution is -2.52. The molecule has 0 saturated heterocycles. The molecule has 0 aliphatic heterocycles. The zero-order chi connectivity index (χ0) is 27.0. The van der Waals surface area contributed by atoms with Gasteiger partial charge in [0.05, 0.1) is 10.6 Å². The molecule has 0 heterocycles. The third-order valence-electron chi connectivity index (χ3n) is 6.05. The number of anilines is 1. The van der Waals surface area contributed by atoms with Crippen LogP contribution in [0.2, 0.25) is 0 Å². The third-order valence-corrected chi connectivity index (χ3v) is 7.82. The maximum atomic E-state index is 13.9. The fourth-order valence-electron chi connectivity index (χ4n) is 4.05. The van der Waals surface area contributed by atoms with Crippen molar-refractivity contribution in [3.63, 3.8) is 0 Å². The zero-order valence-electron chi connectivity index (χ0n) is 21.8. The van der Waals surface area contributed by atoms with Crippen molar-refractivity contribution in [1.29, 1.82) is 0 Å². The van der Waals surface area contributed by atoms with Crippen molar-refractivity contribution >= 4 is 27.5 Å². The van der Waals surface area contributed by atoms with Crippen LogP contribution in [-0.4, -0.2) is 43.8 Å². The third kappa shape index (κ3) is 6.98. The van der Waals surface area contributed by atoms with Crippen LogP contribution in [-0.2, 0) is 32.6 Å². The van der Waals surface area contributed by atoms with Gasteiger partial charge in [-0.05, 0) is 56.5 Å². The number of carbonyl (C=O) groups is 2. The van der Waals surface area contributed by atoms with Gasteiger partial charge >= 0.3 is 0 Å². The second-order valence-corrected chi connectivity index (χ2v) is 11.0. The molecule has 3 aromatic rings. The number of nitrogens with one attached hydrogen (secondary N) is 1. The van der Waals surface area contributed by atoms with Gasteiger partial charge in [-0.15, -0.1) is 0 Å². The maximum absolute atomic E-state index is 13.9. The molecule has 0 unspecified atom stereocenters. The van der Waals surface area contributed by atoms with Crippen LogP contribution in [0.4, 0.5) is 5.69 Å². The van der Waals surface area contributed by atoms with Crippen LogP contribution in [0.25, 0.3) is 0 Å².